The zero-order valence-corrected chi connectivity index (χ0v) is 33.4. The number of carbonyl (C=O) groups is 2. The number of carbonyl (C=O) groups excluding carboxylic acids is 2. The Morgan fingerprint density at radius 1 is 0.981 bits per heavy atom. The second kappa shape index (κ2) is 19.8. The van der Waals surface area contributed by atoms with E-state index in [4.69, 9.17) is 37.4 Å². The summed E-state index contributed by atoms with van der Waals surface area (Å²) in [5, 5.41) is 12.1. The van der Waals surface area contributed by atoms with Crippen molar-refractivity contribution < 1.29 is 28.0 Å². The van der Waals surface area contributed by atoms with Crippen LogP contribution in [-0.2, 0) is 20.3 Å². The molecule has 282 valence electrons. The van der Waals surface area contributed by atoms with Crippen molar-refractivity contribution in [3.8, 4) is 17.6 Å². The molecule has 5 rings (SSSR count). The maximum Gasteiger partial charge on any atom is 0.325 e. The number of fused-ring (bicyclic) bond motifs is 1. The number of halogens is 2. The van der Waals surface area contributed by atoms with E-state index in [0.717, 1.165) is 48.5 Å². The van der Waals surface area contributed by atoms with Gasteiger partial charge >= 0.3 is 5.97 Å². The van der Waals surface area contributed by atoms with E-state index in [-0.39, 0.29) is 41.8 Å². The fraction of sp³-hybridized carbons (Fsp3) is 0.390. The van der Waals surface area contributed by atoms with Crippen LogP contribution in [0.4, 0.5) is 0 Å². The summed E-state index contributed by atoms with van der Waals surface area (Å²) in [6.45, 7) is 6.26. The molecule has 9 nitrogen and oxygen atoms in total. The minimum Gasteiger partial charge on any atom is -0.497 e. The fourth-order valence-electron chi connectivity index (χ4n) is 6.86. The average Bonchev–Trinajstić information content (AvgIpc) is 3.19. The van der Waals surface area contributed by atoms with Crippen LogP contribution >= 0.6 is 23.2 Å². The summed E-state index contributed by atoms with van der Waals surface area (Å²) in [6, 6.07) is 22.4. The molecule has 0 bridgehead atoms. The topological polar surface area (TPSA) is 109 Å². The molecule has 12 heteroatoms. The SMILES string of the molecule is CC.COC(=O)CN(CC(CCN1CCC(c2ccc(OC)cc2S(C)=O)CC1)c1ccc(Cl)c(Cl)c1)C(=O)c1c(OC)c(C#N)cc2ccccc12. The lowest BCUT2D eigenvalue weighted by atomic mass is 9.88. The average molecular weight is 781 g/mol. The van der Waals surface area contributed by atoms with Crippen LogP contribution in [0.3, 0.4) is 0 Å². The molecule has 0 saturated carbocycles. The van der Waals surface area contributed by atoms with Crippen LogP contribution in [0.2, 0.25) is 10.0 Å². The van der Waals surface area contributed by atoms with Crippen molar-refractivity contribution >= 4 is 56.7 Å². The van der Waals surface area contributed by atoms with E-state index in [0.29, 0.717) is 33.0 Å². The highest BCUT2D eigenvalue weighted by Gasteiger charge is 2.30. The smallest absolute Gasteiger partial charge is 0.325 e. The first kappa shape index (κ1) is 41.6. The molecule has 4 aromatic rings. The number of nitriles is 1. The predicted octanol–water partition coefficient (Wildman–Crippen LogP) is 8.47. The van der Waals surface area contributed by atoms with E-state index in [9.17, 15) is 19.1 Å². The number of hydrogen-bond donors (Lipinski definition) is 0. The lowest BCUT2D eigenvalue weighted by Gasteiger charge is -2.34. The Morgan fingerprint density at radius 2 is 1.70 bits per heavy atom. The summed E-state index contributed by atoms with van der Waals surface area (Å²) in [6.07, 6.45) is 4.16. The number of rotatable bonds is 13. The Morgan fingerprint density at radius 3 is 2.32 bits per heavy atom. The second-order valence-corrected chi connectivity index (χ2v) is 14.7. The zero-order valence-electron chi connectivity index (χ0n) is 31.1. The van der Waals surface area contributed by atoms with Gasteiger partial charge in [-0.2, -0.15) is 5.26 Å². The molecule has 1 fully saturated rings. The quantitative estimate of drug-likeness (QED) is 0.124. The van der Waals surface area contributed by atoms with Gasteiger partial charge in [-0.1, -0.05) is 73.4 Å². The zero-order chi connectivity index (χ0) is 38.7. The Labute approximate surface area is 325 Å². The van der Waals surface area contributed by atoms with Gasteiger partial charge in [0.1, 0.15) is 24.1 Å². The molecule has 0 spiro atoms. The highest BCUT2D eigenvalue weighted by Crippen LogP contribution is 2.37. The van der Waals surface area contributed by atoms with Gasteiger partial charge in [0.15, 0.2) is 0 Å². The number of hydrogen-bond acceptors (Lipinski definition) is 8. The Balaban J connectivity index is 0.00000308. The summed E-state index contributed by atoms with van der Waals surface area (Å²) in [5.41, 5.74) is 2.40. The summed E-state index contributed by atoms with van der Waals surface area (Å²) in [4.78, 5) is 32.1. The number of benzene rings is 4. The van der Waals surface area contributed by atoms with Crippen molar-refractivity contribution in [3.63, 3.8) is 0 Å². The van der Waals surface area contributed by atoms with Gasteiger partial charge in [-0.05, 0) is 97.0 Å². The van der Waals surface area contributed by atoms with Crippen molar-refractivity contribution in [1.29, 1.82) is 5.26 Å². The normalized spacial score (nSPS) is 14.3. The number of methoxy groups -OCH3 is 3. The van der Waals surface area contributed by atoms with Gasteiger partial charge in [-0.3, -0.25) is 13.8 Å². The standard InChI is InChI=1S/C39H41Cl2N3O6S.C2H6/c1-48-30-10-11-31(35(21-30)51(4)47)25-13-16-43(17-14-25)18-15-28(26-9-12-33(40)34(41)20-26)23-44(24-36(45)49-2)39(46)37-32-8-6-5-7-27(32)19-29(22-42)38(37)50-3;1-2/h5-12,19-21,25,28H,13-18,23-24H2,1-4H3;1-2H3. The van der Waals surface area contributed by atoms with Crippen molar-refractivity contribution in [2.24, 2.45) is 0 Å². The maximum atomic E-state index is 14.6. The molecular weight excluding hydrogens is 733 g/mol. The molecule has 1 amide bonds. The van der Waals surface area contributed by atoms with Crippen LogP contribution in [-0.4, -0.2) is 86.2 Å². The molecule has 0 N–H and O–H groups in total. The molecule has 53 heavy (non-hydrogen) atoms. The third-order valence-electron chi connectivity index (χ3n) is 9.58. The Kier molecular flexibility index (Phi) is 15.5. The largest absolute Gasteiger partial charge is 0.497 e. The first-order chi connectivity index (χ1) is 25.6. The number of piperidine rings is 1. The molecule has 1 saturated heterocycles. The summed E-state index contributed by atoms with van der Waals surface area (Å²) < 4.78 is 28.6. The summed E-state index contributed by atoms with van der Waals surface area (Å²) >= 11 is 12.8. The maximum absolute atomic E-state index is 14.6. The van der Waals surface area contributed by atoms with Gasteiger partial charge in [0.05, 0.1) is 53.3 Å². The predicted molar refractivity (Wildman–Crippen MR) is 212 cm³/mol. The summed E-state index contributed by atoms with van der Waals surface area (Å²) in [7, 11) is 3.17. The third-order valence-corrected chi connectivity index (χ3v) is 11.3. The van der Waals surface area contributed by atoms with E-state index >= 15 is 0 Å². The first-order valence-corrected chi connectivity index (χ1v) is 19.9. The highest BCUT2D eigenvalue weighted by atomic mass is 35.5. The van der Waals surface area contributed by atoms with E-state index < -0.39 is 22.7 Å². The number of nitrogens with zero attached hydrogens (tertiary/aromatic N) is 3. The van der Waals surface area contributed by atoms with E-state index in [2.05, 4.69) is 11.0 Å². The van der Waals surface area contributed by atoms with Crippen LogP contribution in [0.5, 0.6) is 11.5 Å². The van der Waals surface area contributed by atoms with Crippen LogP contribution in [0.1, 0.15) is 72.0 Å². The van der Waals surface area contributed by atoms with Crippen molar-refractivity contribution in [2.45, 2.75) is 49.8 Å². The molecule has 4 aromatic carbocycles. The molecule has 1 aliphatic heterocycles. The monoisotopic (exact) mass is 779 g/mol. The molecular formula is C41H47Cl2N3O6S. The molecule has 2 unspecified atom stereocenters. The molecule has 2 atom stereocenters. The third kappa shape index (κ3) is 10.1. The van der Waals surface area contributed by atoms with Crippen LogP contribution in [0.15, 0.2) is 71.6 Å². The van der Waals surface area contributed by atoms with Crippen molar-refractivity contribution in [3.05, 3.63) is 99.0 Å². The van der Waals surface area contributed by atoms with Crippen molar-refractivity contribution in [2.75, 3.05) is 60.3 Å². The van der Waals surface area contributed by atoms with Gasteiger partial charge in [-0.15, -0.1) is 0 Å². The molecule has 1 aliphatic rings. The Hall–Kier alpha value is -4.14. The lowest BCUT2D eigenvalue weighted by Crippen LogP contribution is -2.40. The van der Waals surface area contributed by atoms with Gasteiger partial charge < -0.3 is 24.0 Å². The van der Waals surface area contributed by atoms with E-state index in [1.807, 2.05) is 62.4 Å². The first-order valence-electron chi connectivity index (χ1n) is 17.6. The highest BCUT2D eigenvalue weighted by molar-refractivity contribution is 7.84. The van der Waals surface area contributed by atoms with Gasteiger partial charge in [-0.25, -0.2) is 0 Å². The fourth-order valence-corrected chi connectivity index (χ4v) is 8.02. The minimum atomic E-state index is -1.14. The summed E-state index contributed by atoms with van der Waals surface area (Å²) in [5.74, 6) is -0.156. The number of likely N-dealkylation sites (tertiary alicyclic amines) is 1. The van der Waals surface area contributed by atoms with Crippen LogP contribution in [0.25, 0.3) is 10.8 Å². The molecule has 0 aromatic heterocycles. The number of ether oxygens (including phenoxy) is 3. The van der Waals surface area contributed by atoms with Gasteiger partial charge in [0.2, 0.25) is 0 Å². The second-order valence-electron chi connectivity index (χ2n) is 12.6. The van der Waals surface area contributed by atoms with E-state index in [1.165, 1.54) is 19.1 Å². The Bertz CT molecular complexity index is 1980. The van der Waals surface area contributed by atoms with Gasteiger partial charge in [0, 0.05) is 23.6 Å². The van der Waals surface area contributed by atoms with E-state index in [1.54, 1.807) is 31.6 Å². The van der Waals surface area contributed by atoms with Crippen LogP contribution < -0.4 is 9.47 Å². The lowest BCUT2D eigenvalue weighted by molar-refractivity contribution is -0.141. The molecule has 1 heterocycles. The minimum absolute atomic E-state index is 0.150. The molecule has 0 aliphatic carbocycles. The number of esters is 1. The van der Waals surface area contributed by atoms with Crippen molar-refractivity contribution in [1.82, 2.24) is 9.80 Å². The number of amides is 1. The molecule has 0 radical (unpaired) electrons. The van der Waals surface area contributed by atoms with Gasteiger partial charge in [0.25, 0.3) is 5.91 Å². The van der Waals surface area contributed by atoms with Crippen LogP contribution in [0, 0.1) is 11.3 Å².